The molecule has 0 radical (unpaired) electrons. The highest BCUT2D eigenvalue weighted by Gasteiger charge is 2.53. The third kappa shape index (κ3) is 3.14. The second-order valence-corrected chi connectivity index (χ2v) is 6.71. The normalized spacial score (nSPS) is 28.7. The summed E-state index contributed by atoms with van der Waals surface area (Å²) in [7, 11) is 1.55. The van der Waals surface area contributed by atoms with Gasteiger partial charge >= 0.3 is 5.97 Å². The lowest BCUT2D eigenvalue weighted by molar-refractivity contribution is -0.342. The molecule has 1 amide bonds. The number of nitrogens with zero attached hydrogens (tertiary/aromatic N) is 1. The van der Waals surface area contributed by atoms with Gasteiger partial charge in [-0.25, -0.2) is 0 Å². The summed E-state index contributed by atoms with van der Waals surface area (Å²) in [5, 5.41) is 0. The van der Waals surface area contributed by atoms with Crippen LogP contribution in [0, 0.1) is 0 Å². The van der Waals surface area contributed by atoms with E-state index in [4.69, 9.17) is 14.2 Å². The topological polar surface area (TPSA) is 48.0 Å². The van der Waals surface area contributed by atoms with Crippen LogP contribution in [0.3, 0.4) is 0 Å². The van der Waals surface area contributed by atoms with Crippen molar-refractivity contribution in [3.05, 3.63) is 71.8 Å². The van der Waals surface area contributed by atoms with Gasteiger partial charge in [-0.1, -0.05) is 60.7 Å². The maximum absolute atomic E-state index is 13.1. The van der Waals surface area contributed by atoms with Crippen LogP contribution in [0.5, 0.6) is 0 Å². The largest absolute Gasteiger partial charge is 0.336 e. The van der Waals surface area contributed by atoms with Crippen LogP contribution in [0.2, 0.25) is 0 Å². The van der Waals surface area contributed by atoms with E-state index in [9.17, 15) is 4.79 Å². The number of methoxy groups -OCH3 is 1. The van der Waals surface area contributed by atoms with Gasteiger partial charge in [0, 0.05) is 25.8 Å². The van der Waals surface area contributed by atoms with E-state index in [1.807, 2.05) is 65.6 Å². The molecule has 136 valence electrons. The smallest absolute Gasteiger partial charge is 0.312 e. The van der Waals surface area contributed by atoms with Gasteiger partial charge in [-0.3, -0.25) is 4.79 Å². The predicted octanol–water partition coefficient (Wildman–Crippen LogP) is 3.05. The highest BCUT2D eigenvalue weighted by atomic mass is 16.9. The summed E-state index contributed by atoms with van der Waals surface area (Å²) >= 11 is 0. The Labute approximate surface area is 153 Å². The summed E-state index contributed by atoms with van der Waals surface area (Å²) in [5.41, 5.74) is 1.87. The number of hydrogen-bond acceptors (Lipinski definition) is 4. The minimum absolute atomic E-state index is 0.0359. The van der Waals surface area contributed by atoms with Crippen LogP contribution in [-0.2, 0) is 31.5 Å². The average molecular weight is 353 g/mol. The molecule has 0 N–H and O–H groups in total. The van der Waals surface area contributed by atoms with Crippen LogP contribution < -0.4 is 0 Å². The number of fused-ring (bicyclic) bond motifs is 1. The molecule has 2 fully saturated rings. The second-order valence-electron chi connectivity index (χ2n) is 6.71. The molecule has 2 aromatic carbocycles. The molecule has 0 saturated carbocycles. The summed E-state index contributed by atoms with van der Waals surface area (Å²) in [6.45, 7) is 1.29. The van der Waals surface area contributed by atoms with Gasteiger partial charge in [-0.05, 0) is 18.4 Å². The van der Waals surface area contributed by atoms with E-state index in [1.54, 1.807) is 7.11 Å². The molecule has 0 aromatic heterocycles. The average Bonchev–Trinajstić information content (AvgIpc) is 3.02. The van der Waals surface area contributed by atoms with Crippen molar-refractivity contribution in [1.82, 2.24) is 4.90 Å². The number of carbonyl (C=O) groups excluding carboxylic acids is 1. The molecule has 3 atom stereocenters. The number of benzene rings is 2. The van der Waals surface area contributed by atoms with Gasteiger partial charge in [0.2, 0.25) is 0 Å². The van der Waals surface area contributed by atoms with E-state index in [1.165, 1.54) is 0 Å². The molecular formula is C21H23NO4. The van der Waals surface area contributed by atoms with Crippen molar-refractivity contribution in [2.75, 3.05) is 13.7 Å². The monoisotopic (exact) mass is 353 g/mol. The van der Waals surface area contributed by atoms with E-state index in [-0.39, 0.29) is 12.0 Å². The molecule has 0 aliphatic carbocycles. The lowest BCUT2D eigenvalue weighted by Crippen LogP contribution is -2.41. The number of hydrogen-bond donors (Lipinski definition) is 0. The number of likely N-dealkylation sites (tertiary alicyclic amines) is 1. The number of carbonyl (C=O) groups is 1. The van der Waals surface area contributed by atoms with Crippen LogP contribution in [0.15, 0.2) is 60.7 Å². The molecule has 0 spiro atoms. The SMILES string of the molecule is COC1(c2ccccc2)O[C@@H]2CCCN(Cc3ccccc3)C(=O)[C@@H]2O1. The molecule has 2 heterocycles. The first kappa shape index (κ1) is 17.2. The lowest BCUT2D eigenvalue weighted by atomic mass is 10.1. The van der Waals surface area contributed by atoms with Crippen molar-refractivity contribution in [2.45, 2.75) is 37.6 Å². The van der Waals surface area contributed by atoms with Gasteiger partial charge in [0.15, 0.2) is 6.10 Å². The van der Waals surface area contributed by atoms with Crippen molar-refractivity contribution >= 4 is 5.91 Å². The summed E-state index contributed by atoms with van der Waals surface area (Å²) in [4.78, 5) is 15.0. The van der Waals surface area contributed by atoms with Crippen LogP contribution in [0.4, 0.5) is 0 Å². The molecule has 5 heteroatoms. The van der Waals surface area contributed by atoms with Gasteiger partial charge in [0.05, 0.1) is 6.10 Å². The quantitative estimate of drug-likeness (QED) is 0.848. The fourth-order valence-electron chi connectivity index (χ4n) is 3.68. The molecule has 2 aliphatic heterocycles. The summed E-state index contributed by atoms with van der Waals surface area (Å²) < 4.78 is 17.9. The molecule has 26 heavy (non-hydrogen) atoms. The Balaban J connectivity index is 1.57. The minimum Gasteiger partial charge on any atom is -0.336 e. The number of amides is 1. The number of rotatable bonds is 4. The molecule has 2 saturated heterocycles. The molecule has 1 unspecified atom stereocenters. The summed E-state index contributed by atoms with van der Waals surface area (Å²) in [5.74, 6) is -1.35. The van der Waals surface area contributed by atoms with Gasteiger partial charge in [0.1, 0.15) is 0 Å². The molecule has 0 bridgehead atoms. The van der Waals surface area contributed by atoms with Gasteiger partial charge in [-0.2, -0.15) is 0 Å². The summed E-state index contributed by atoms with van der Waals surface area (Å²) in [6, 6.07) is 19.5. The van der Waals surface area contributed by atoms with Gasteiger partial charge in [-0.15, -0.1) is 0 Å². The number of ether oxygens (including phenoxy) is 3. The Morgan fingerprint density at radius 1 is 1.08 bits per heavy atom. The van der Waals surface area contributed by atoms with Crippen LogP contribution in [0.1, 0.15) is 24.0 Å². The first-order chi connectivity index (χ1) is 12.7. The zero-order valence-corrected chi connectivity index (χ0v) is 14.8. The third-order valence-electron chi connectivity index (χ3n) is 5.01. The van der Waals surface area contributed by atoms with Crippen molar-refractivity contribution < 1.29 is 19.0 Å². The van der Waals surface area contributed by atoms with Gasteiger partial charge in [0.25, 0.3) is 5.91 Å². The van der Waals surface area contributed by atoms with Crippen molar-refractivity contribution in [3.63, 3.8) is 0 Å². The molecular weight excluding hydrogens is 330 g/mol. The fraction of sp³-hybridized carbons (Fsp3) is 0.381. The Hall–Kier alpha value is -2.21. The second kappa shape index (κ2) is 7.19. The Bertz CT molecular complexity index is 751. The van der Waals surface area contributed by atoms with E-state index in [0.29, 0.717) is 13.1 Å². The van der Waals surface area contributed by atoms with E-state index in [2.05, 4.69) is 0 Å². The molecule has 5 nitrogen and oxygen atoms in total. The van der Waals surface area contributed by atoms with Crippen LogP contribution >= 0.6 is 0 Å². The van der Waals surface area contributed by atoms with Crippen molar-refractivity contribution in [1.29, 1.82) is 0 Å². The van der Waals surface area contributed by atoms with Crippen LogP contribution in [0.25, 0.3) is 0 Å². The zero-order valence-electron chi connectivity index (χ0n) is 14.8. The summed E-state index contributed by atoms with van der Waals surface area (Å²) in [6.07, 6.45) is 0.682. The standard InChI is InChI=1S/C21H23NO4/c1-24-21(17-11-6-3-7-12-17)25-18-13-8-14-22(20(23)19(18)26-21)15-16-9-4-2-5-10-16/h2-7,9-12,18-19H,8,13-15H2,1H3/t18-,19-,21?/m1/s1. The third-order valence-corrected chi connectivity index (χ3v) is 5.01. The fourth-order valence-corrected chi connectivity index (χ4v) is 3.68. The molecule has 2 aliphatic rings. The molecule has 2 aromatic rings. The first-order valence-corrected chi connectivity index (χ1v) is 9.01. The van der Waals surface area contributed by atoms with Crippen molar-refractivity contribution in [2.24, 2.45) is 0 Å². The minimum atomic E-state index is -1.32. The Morgan fingerprint density at radius 2 is 1.77 bits per heavy atom. The van der Waals surface area contributed by atoms with E-state index < -0.39 is 12.1 Å². The highest BCUT2D eigenvalue weighted by Crippen LogP contribution is 2.41. The maximum atomic E-state index is 13.1. The lowest BCUT2D eigenvalue weighted by Gasteiger charge is -2.28. The Morgan fingerprint density at radius 3 is 2.46 bits per heavy atom. The van der Waals surface area contributed by atoms with Crippen LogP contribution in [-0.4, -0.2) is 36.7 Å². The first-order valence-electron chi connectivity index (χ1n) is 9.01. The zero-order chi connectivity index (χ0) is 18.0. The maximum Gasteiger partial charge on any atom is 0.312 e. The van der Waals surface area contributed by atoms with E-state index >= 15 is 0 Å². The van der Waals surface area contributed by atoms with Crippen molar-refractivity contribution in [3.8, 4) is 0 Å². The van der Waals surface area contributed by atoms with Gasteiger partial charge < -0.3 is 19.1 Å². The van der Waals surface area contributed by atoms with E-state index in [0.717, 1.165) is 24.0 Å². The predicted molar refractivity (Wildman–Crippen MR) is 96.0 cm³/mol. The molecule has 4 rings (SSSR count). The highest BCUT2D eigenvalue weighted by molar-refractivity contribution is 5.82. The Kier molecular flexibility index (Phi) is 4.76.